The quantitative estimate of drug-likeness (QED) is 0.568. The first-order valence-electron chi connectivity index (χ1n) is 3.34. The number of pyridine rings is 1. The molecule has 1 aromatic rings. The minimum Gasteiger partial charge on any atom is -0.473 e. The molecule has 0 aliphatic rings. The van der Waals surface area contributed by atoms with E-state index in [9.17, 15) is 0 Å². The molecule has 1 aromatic heterocycles. The summed E-state index contributed by atoms with van der Waals surface area (Å²) in [7, 11) is 0. The lowest BCUT2D eigenvalue weighted by Gasteiger charge is -1.79. The lowest BCUT2D eigenvalue weighted by Crippen LogP contribution is -2.09. The van der Waals surface area contributed by atoms with Crippen molar-refractivity contribution in [2.45, 2.75) is 0 Å². The van der Waals surface area contributed by atoms with Gasteiger partial charge < -0.3 is 10.2 Å². The van der Waals surface area contributed by atoms with Crippen LogP contribution in [0.15, 0.2) is 24.5 Å². The molecule has 1 heterocycles. The normalized spacial score (nSPS) is 7.64. The number of nitriles is 1. The molecule has 0 amide bonds. The molecule has 6 heteroatoms. The van der Waals surface area contributed by atoms with Gasteiger partial charge in [0.25, 0.3) is 0 Å². The molecule has 0 fully saturated rings. The summed E-state index contributed by atoms with van der Waals surface area (Å²) in [6, 6.07) is 5.32. The van der Waals surface area contributed by atoms with E-state index in [0.717, 1.165) is 0 Å². The maximum Gasteiger partial charge on any atom is 0.414 e. The van der Waals surface area contributed by atoms with Gasteiger partial charge in [0.1, 0.15) is 0 Å². The Morgan fingerprint density at radius 2 is 1.64 bits per heavy atom. The van der Waals surface area contributed by atoms with Gasteiger partial charge in [-0.1, -0.05) is 0 Å². The first-order chi connectivity index (χ1) is 6.57. The van der Waals surface area contributed by atoms with Gasteiger partial charge in [-0.05, 0) is 12.1 Å². The maximum absolute atomic E-state index is 9.10. The number of hydrogen-bond donors (Lipinski definition) is 2. The molecular formula is C8H6N2O4. The van der Waals surface area contributed by atoms with Crippen LogP contribution in [0.25, 0.3) is 0 Å². The van der Waals surface area contributed by atoms with Gasteiger partial charge in [-0.2, -0.15) is 5.26 Å². The molecule has 0 saturated carbocycles. The van der Waals surface area contributed by atoms with Crippen LogP contribution < -0.4 is 0 Å². The van der Waals surface area contributed by atoms with E-state index < -0.39 is 11.9 Å². The molecule has 1 rings (SSSR count). The fourth-order valence-corrected chi connectivity index (χ4v) is 0.426. The fraction of sp³-hybridized carbons (Fsp3) is 0. The molecule has 0 aromatic carbocycles. The van der Waals surface area contributed by atoms with Gasteiger partial charge in [0, 0.05) is 12.4 Å². The van der Waals surface area contributed by atoms with Crippen LogP contribution in [-0.2, 0) is 9.59 Å². The third kappa shape index (κ3) is 5.26. The molecule has 2 N–H and O–H groups in total. The zero-order valence-corrected chi connectivity index (χ0v) is 6.91. The first-order valence-corrected chi connectivity index (χ1v) is 3.34. The van der Waals surface area contributed by atoms with Crippen molar-refractivity contribution < 1.29 is 19.8 Å². The third-order valence-corrected chi connectivity index (χ3v) is 0.992. The summed E-state index contributed by atoms with van der Waals surface area (Å²) in [5.41, 5.74) is 0.653. The van der Waals surface area contributed by atoms with Crippen LogP contribution >= 0.6 is 0 Å². The highest BCUT2D eigenvalue weighted by atomic mass is 16.4. The van der Waals surface area contributed by atoms with E-state index in [-0.39, 0.29) is 0 Å². The monoisotopic (exact) mass is 195 g/mol. The van der Waals surface area contributed by atoms with Crippen molar-refractivity contribution >= 4 is 11.9 Å². The van der Waals surface area contributed by atoms with Crippen LogP contribution in [0.3, 0.4) is 0 Å². The number of rotatable bonds is 0. The zero-order chi connectivity index (χ0) is 11.0. The average Bonchev–Trinajstić information content (AvgIpc) is 2.20. The second-order valence-electron chi connectivity index (χ2n) is 1.96. The predicted molar refractivity (Wildman–Crippen MR) is 44.2 cm³/mol. The van der Waals surface area contributed by atoms with E-state index in [1.165, 1.54) is 0 Å². The molecule has 72 valence electrons. The number of carboxylic acid groups (broad SMARTS) is 2. The van der Waals surface area contributed by atoms with Gasteiger partial charge in [0.15, 0.2) is 0 Å². The molecule has 0 bridgehead atoms. The van der Waals surface area contributed by atoms with Gasteiger partial charge in [0.05, 0.1) is 11.6 Å². The Hall–Kier alpha value is -2.42. The predicted octanol–water partition coefficient (Wildman–Crippen LogP) is 0.109. The highest BCUT2D eigenvalue weighted by Gasteiger charge is 2.04. The molecular weight excluding hydrogens is 189 g/mol. The lowest BCUT2D eigenvalue weighted by atomic mass is 10.3. The van der Waals surface area contributed by atoms with Crippen LogP contribution in [0.5, 0.6) is 0 Å². The number of carbonyl (C=O) groups is 2. The minimum absolute atomic E-state index is 0.653. The molecule has 0 atom stereocenters. The standard InChI is InChI=1S/C6H4N2.C2H2O4/c7-5-6-1-3-8-4-2-6;3-1(4)2(5)6/h1-4H;(H,3,4)(H,5,6)/i8+1;. The summed E-state index contributed by atoms with van der Waals surface area (Å²) in [5, 5.41) is 23.0. The van der Waals surface area contributed by atoms with Gasteiger partial charge in [-0.25, -0.2) is 9.59 Å². The minimum atomic E-state index is -1.82. The van der Waals surface area contributed by atoms with E-state index in [1.807, 2.05) is 6.07 Å². The number of hydrogen-bond acceptors (Lipinski definition) is 4. The molecule has 0 spiro atoms. The van der Waals surface area contributed by atoms with Crippen LogP contribution in [0.4, 0.5) is 0 Å². The Morgan fingerprint density at radius 1 is 1.21 bits per heavy atom. The summed E-state index contributed by atoms with van der Waals surface area (Å²) in [5.74, 6) is -3.65. The number of carboxylic acids is 2. The topological polar surface area (TPSA) is 111 Å². The van der Waals surface area contributed by atoms with Gasteiger partial charge in [-0.15, -0.1) is 0 Å². The molecule has 6 nitrogen and oxygen atoms in total. The first kappa shape index (κ1) is 11.6. The summed E-state index contributed by atoms with van der Waals surface area (Å²) >= 11 is 0. The largest absolute Gasteiger partial charge is 0.473 e. The molecule has 0 aliphatic carbocycles. The average molecular weight is 195 g/mol. The van der Waals surface area contributed by atoms with Crippen molar-refractivity contribution in [1.29, 1.82) is 5.26 Å². The van der Waals surface area contributed by atoms with E-state index >= 15 is 0 Å². The fourth-order valence-electron chi connectivity index (χ4n) is 0.426. The summed E-state index contributed by atoms with van der Waals surface area (Å²) in [6.45, 7) is 0. The molecule has 14 heavy (non-hydrogen) atoms. The highest BCUT2D eigenvalue weighted by Crippen LogP contribution is 1.89. The van der Waals surface area contributed by atoms with Crippen LogP contribution in [0.2, 0.25) is 0 Å². The Kier molecular flexibility index (Phi) is 5.07. The molecule has 0 unspecified atom stereocenters. The van der Waals surface area contributed by atoms with Crippen LogP contribution in [-0.4, -0.2) is 27.1 Å². The van der Waals surface area contributed by atoms with Crippen molar-refractivity contribution in [2.24, 2.45) is 0 Å². The maximum atomic E-state index is 9.10. The van der Waals surface area contributed by atoms with E-state index in [0.29, 0.717) is 5.56 Å². The van der Waals surface area contributed by atoms with Crippen molar-refractivity contribution in [3.63, 3.8) is 0 Å². The smallest absolute Gasteiger partial charge is 0.414 e. The molecule has 0 aliphatic heterocycles. The second kappa shape index (κ2) is 6.14. The Bertz CT molecular complexity index is 343. The van der Waals surface area contributed by atoms with Crippen molar-refractivity contribution in [3.8, 4) is 6.07 Å². The SMILES string of the molecule is N#Cc1cc[15n]cc1.O=C(O)C(=O)O. The Balaban J connectivity index is 0.000000255. The van der Waals surface area contributed by atoms with Crippen LogP contribution in [0, 0.1) is 11.3 Å². The summed E-state index contributed by atoms with van der Waals surface area (Å²) < 4.78 is 0. The number of aromatic nitrogens is 1. The van der Waals surface area contributed by atoms with E-state index in [4.69, 9.17) is 25.1 Å². The lowest BCUT2D eigenvalue weighted by molar-refractivity contribution is -0.159. The third-order valence-electron chi connectivity index (χ3n) is 0.992. The Labute approximate surface area is 79.1 Å². The number of nitrogens with zero attached hydrogens (tertiary/aromatic N) is 2. The van der Waals surface area contributed by atoms with E-state index in [1.54, 1.807) is 24.5 Å². The van der Waals surface area contributed by atoms with E-state index in [2.05, 4.69) is 4.98 Å². The van der Waals surface area contributed by atoms with Gasteiger partial charge in [-0.3, -0.25) is 4.98 Å². The zero-order valence-electron chi connectivity index (χ0n) is 6.91. The Morgan fingerprint density at radius 3 is 1.86 bits per heavy atom. The summed E-state index contributed by atoms with van der Waals surface area (Å²) in [4.78, 5) is 21.9. The summed E-state index contributed by atoms with van der Waals surface area (Å²) in [6.07, 6.45) is 3.19. The number of aliphatic carboxylic acids is 2. The van der Waals surface area contributed by atoms with Crippen LogP contribution in [0.1, 0.15) is 5.56 Å². The molecule has 0 saturated heterocycles. The van der Waals surface area contributed by atoms with Gasteiger partial charge in [0.2, 0.25) is 0 Å². The van der Waals surface area contributed by atoms with Crippen molar-refractivity contribution in [3.05, 3.63) is 30.1 Å². The highest BCUT2D eigenvalue weighted by molar-refractivity contribution is 6.27. The van der Waals surface area contributed by atoms with Crippen molar-refractivity contribution in [2.75, 3.05) is 0 Å². The van der Waals surface area contributed by atoms with Gasteiger partial charge >= 0.3 is 11.9 Å². The molecule has 0 radical (unpaired) electrons. The van der Waals surface area contributed by atoms with Crippen molar-refractivity contribution in [1.82, 2.24) is 4.98 Å². The second-order valence-corrected chi connectivity index (χ2v) is 1.96.